The molecule has 1 aliphatic heterocycles. The number of amides is 2. The first kappa shape index (κ1) is 22.5. The van der Waals surface area contributed by atoms with Gasteiger partial charge in [0.15, 0.2) is 0 Å². The summed E-state index contributed by atoms with van der Waals surface area (Å²) in [5, 5.41) is 5.38. The molecule has 3 rings (SSSR count). The van der Waals surface area contributed by atoms with Crippen LogP contribution in [0.5, 0.6) is 5.75 Å². The van der Waals surface area contributed by atoms with Crippen LogP contribution in [0.4, 0.5) is 28.9 Å². The smallest absolute Gasteiger partial charge is 0.406 e. The molecule has 0 spiro atoms. The van der Waals surface area contributed by atoms with Crippen LogP contribution in [0.25, 0.3) is 0 Å². The highest BCUT2D eigenvalue weighted by atomic mass is 19.4. The van der Waals surface area contributed by atoms with Gasteiger partial charge in [0, 0.05) is 17.3 Å². The largest absolute Gasteiger partial charge is 0.573 e. The van der Waals surface area contributed by atoms with E-state index in [1.54, 1.807) is 0 Å². The van der Waals surface area contributed by atoms with Crippen LogP contribution in [0, 0.1) is 11.7 Å². The molecule has 0 aliphatic carbocycles. The third-order valence-corrected chi connectivity index (χ3v) is 4.81. The Bertz CT molecular complexity index is 894. The predicted octanol–water partition coefficient (Wildman–Crippen LogP) is 4.01. The minimum Gasteiger partial charge on any atom is -0.406 e. The second-order valence-electron chi connectivity index (χ2n) is 7.17. The molecule has 2 aromatic rings. The minimum absolute atomic E-state index is 0.159. The SMILES string of the molecule is O=C(CN1CCC(C(=O)Nc2ccc(OC(F)(F)F)cc2)CC1)Nc1ccc(F)cc1. The number of anilines is 2. The highest BCUT2D eigenvalue weighted by Gasteiger charge is 2.31. The van der Waals surface area contributed by atoms with Gasteiger partial charge in [-0.3, -0.25) is 14.5 Å². The number of nitrogens with one attached hydrogen (secondary N) is 2. The number of piperidine rings is 1. The Hall–Kier alpha value is -3.14. The molecule has 2 amide bonds. The van der Waals surface area contributed by atoms with Gasteiger partial charge >= 0.3 is 6.36 Å². The number of nitrogens with zero attached hydrogens (tertiary/aromatic N) is 1. The zero-order valence-electron chi connectivity index (χ0n) is 16.4. The topological polar surface area (TPSA) is 70.7 Å². The maximum Gasteiger partial charge on any atom is 0.573 e. The highest BCUT2D eigenvalue weighted by Crippen LogP contribution is 2.25. The summed E-state index contributed by atoms with van der Waals surface area (Å²) in [6.45, 7) is 1.26. The number of carbonyl (C=O) groups excluding carboxylic acids is 2. The van der Waals surface area contributed by atoms with Crippen LogP contribution in [-0.4, -0.2) is 42.7 Å². The summed E-state index contributed by atoms with van der Waals surface area (Å²) in [5.74, 6) is -1.46. The predicted molar refractivity (Wildman–Crippen MR) is 106 cm³/mol. The van der Waals surface area contributed by atoms with E-state index in [0.29, 0.717) is 37.3 Å². The van der Waals surface area contributed by atoms with E-state index in [2.05, 4.69) is 15.4 Å². The Labute approximate surface area is 176 Å². The first-order valence-electron chi connectivity index (χ1n) is 9.62. The van der Waals surface area contributed by atoms with Crippen molar-refractivity contribution in [2.75, 3.05) is 30.3 Å². The van der Waals surface area contributed by atoms with Crippen LogP contribution in [0.1, 0.15) is 12.8 Å². The highest BCUT2D eigenvalue weighted by molar-refractivity contribution is 5.93. The van der Waals surface area contributed by atoms with E-state index in [1.165, 1.54) is 36.4 Å². The van der Waals surface area contributed by atoms with Crippen molar-refractivity contribution in [3.63, 3.8) is 0 Å². The Morgan fingerprint density at radius 3 is 2.06 bits per heavy atom. The number of likely N-dealkylation sites (tertiary alicyclic amines) is 1. The molecule has 0 aromatic heterocycles. The Morgan fingerprint density at radius 1 is 0.935 bits per heavy atom. The molecule has 166 valence electrons. The number of ether oxygens (including phenoxy) is 1. The van der Waals surface area contributed by atoms with Crippen LogP contribution in [0.2, 0.25) is 0 Å². The summed E-state index contributed by atoms with van der Waals surface area (Å²) in [6, 6.07) is 10.4. The number of alkyl halides is 3. The number of rotatable bonds is 6. The average Bonchev–Trinajstić information content (AvgIpc) is 2.70. The third kappa shape index (κ3) is 7.25. The summed E-state index contributed by atoms with van der Waals surface area (Å²) in [4.78, 5) is 26.5. The van der Waals surface area contributed by atoms with Gasteiger partial charge in [0.25, 0.3) is 0 Å². The Morgan fingerprint density at radius 2 is 1.48 bits per heavy atom. The zero-order valence-corrected chi connectivity index (χ0v) is 16.4. The molecule has 31 heavy (non-hydrogen) atoms. The summed E-state index contributed by atoms with van der Waals surface area (Å²) in [5.41, 5.74) is 0.882. The van der Waals surface area contributed by atoms with E-state index < -0.39 is 6.36 Å². The molecule has 2 N–H and O–H groups in total. The average molecular weight is 439 g/mol. The molecule has 0 radical (unpaired) electrons. The molecule has 1 saturated heterocycles. The van der Waals surface area contributed by atoms with E-state index >= 15 is 0 Å². The lowest BCUT2D eigenvalue weighted by atomic mass is 9.96. The molecule has 6 nitrogen and oxygen atoms in total. The van der Waals surface area contributed by atoms with Crippen LogP contribution in [-0.2, 0) is 9.59 Å². The monoisotopic (exact) mass is 439 g/mol. The van der Waals surface area contributed by atoms with Gasteiger partial charge < -0.3 is 15.4 Å². The van der Waals surface area contributed by atoms with Crippen molar-refractivity contribution in [2.24, 2.45) is 5.92 Å². The van der Waals surface area contributed by atoms with Gasteiger partial charge in [0.2, 0.25) is 11.8 Å². The summed E-state index contributed by atoms with van der Waals surface area (Å²) < 4.78 is 53.3. The van der Waals surface area contributed by atoms with E-state index in [0.717, 1.165) is 12.1 Å². The number of hydrogen-bond acceptors (Lipinski definition) is 4. The van der Waals surface area contributed by atoms with Gasteiger partial charge in [-0.15, -0.1) is 13.2 Å². The van der Waals surface area contributed by atoms with Crippen LogP contribution >= 0.6 is 0 Å². The lowest BCUT2D eigenvalue weighted by Crippen LogP contribution is -2.41. The minimum atomic E-state index is -4.77. The number of halogens is 4. The van der Waals surface area contributed by atoms with E-state index in [4.69, 9.17) is 0 Å². The van der Waals surface area contributed by atoms with Crippen LogP contribution in [0.3, 0.4) is 0 Å². The van der Waals surface area contributed by atoms with Crippen molar-refractivity contribution in [3.8, 4) is 5.75 Å². The number of benzene rings is 2. The lowest BCUT2D eigenvalue weighted by molar-refractivity contribution is -0.274. The van der Waals surface area contributed by atoms with Crippen molar-refractivity contribution in [1.29, 1.82) is 0 Å². The zero-order chi connectivity index (χ0) is 22.4. The number of hydrogen-bond donors (Lipinski definition) is 2. The quantitative estimate of drug-likeness (QED) is 0.668. The van der Waals surface area contributed by atoms with Crippen molar-refractivity contribution >= 4 is 23.2 Å². The fourth-order valence-electron chi connectivity index (χ4n) is 3.27. The molecular formula is C21H21F4N3O3. The van der Waals surface area contributed by atoms with Gasteiger partial charge in [-0.25, -0.2) is 4.39 Å². The molecule has 1 heterocycles. The van der Waals surface area contributed by atoms with Crippen LogP contribution < -0.4 is 15.4 Å². The second kappa shape index (κ2) is 9.78. The molecule has 0 bridgehead atoms. The fourth-order valence-corrected chi connectivity index (χ4v) is 3.27. The lowest BCUT2D eigenvalue weighted by Gasteiger charge is -2.30. The summed E-state index contributed by atoms with van der Waals surface area (Å²) in [6.07, 6.45) is -3.68. The maximum absolute atomic E-state index is 12.9. The molecule has 10 heteroatoms. The molecule has 1 fully saturated rings. The molecule has 2 aromatic carbocycles. The van der Waals surface area contributed by atoms with Gasteiger partial charge in [0.05, 0.1) is 6.54 Å². The standard InChI is InChI=1S/C21H21F4N3O3/c22-15-1-3-16(4-2-15)26-19(29)13-28-11-9-14(10-12-28)20(30)27-17-5-7-18(8-6-17)31-21(23,24)25/h1-8,14H,9-13H2,(H,26,29)(H,27,30). The number of carbonyl (C=O) groups is 2. The summed E-state index contributed by atoms with van der Waals surface area (Å²) in [7, 11) is 0. The third-order valence-electron chi connectivity index (χ3n) is 4.81. The Kier molecular flexibility index (Phi) is 7.11. The van der Waals surface area contributed by atoms with Gasteiger partial charge in [-0.05, 0) is 74.5 Å². The first-order valence-corrected chi connectivity index (χ1v) is 9.62. The van der Waals surface area contributed by atoms with E-state index in [9.17, 15) is 27.2 Å². The van der Waals surface area contributed by atoms with E-state index in [1.807, 2.05) is 4.90 Å². The van der Waals surface area contributed by atoms with Crippen molar-refractivity contribution in [2.45, 2.75) is 19.2 Å². The molecular weight excluding hydrogens is 418 g/mol. The fraction of sp³-hybridized carbons (Fsp3) is 0.333. The van der Waals surface area contributed by atoms with Crippen molar-refractivity contribution < 1.29 is 31.9 Å². The van der Waals surface area contributed by atoms with Gasteiger partial charge in [-0.1, -0.05) is 0 Å². The van der Waals surface area contributed by atoms with Crippen molar-refractivity contribution in [3.05, 3.63) is 54.3 Å². The molecule has 1 aliphatic rings. The second-order valence-corrected chi connectivity index (χ2v) is 7.17. The van der Waals surface area contributed by atoms with Gasteiger partial charge in [-0.2, -0.15) is 0 Å². The van der Waals surface area contributed by atoms with Crippen LogP contribution in [0.15, 0.2) is 48.5 Å². The Balaban J connectivity index is 1.42. The molecule has 0 unspecified atom stereocenters. The van der Waals surface area contributed by atoms with Crippen molar-refractivity contribution in [1.82, 2.24) is 4.90 Å². The maximum atomic E-state index is 12.9. The van der Waals surface area contributed by atoms with E-state index in [-0.39, 0.29) is 35.8 Å². The first-order chi connectivity index (χ1) is 14.7. The summed E-state index contributed by atoms with van der Waals surface area (Å²) >= 11 is 0. The van der Waals surface area contributed by atoms with Gasteiger partial charge in [0.1, 0.15) is 11.6 Å². The normalized spacial score (nSPS) is 15.4. The molecule has 0 atom stereocenters. The molecule has 0 saturated carbocycles.